The standard InChI is InChI=1S/C32H34N4O4/c1-32(2,3)40-25-15-13-21(14-16-25)17-26(35-31(38)39)30(37)36-20-24-12-8-7-11-23(24)18-28(36)29-33-19-27(34-29)22-9-5-4-6-10-22/h4-16,19,26,28,35H,17-18,20H2,1-3H3,(H,33,34)(H,38,39). The minimum absolute atomic E-state index is 0.208. The molecule has 0 radical (unpaired) electrons. The van der Waals surface area contributed by atoms with Gasteiger partial charge in [-0.1, -0.05) is 66.7 Å². The number of nitrogens with one attached hydrogen (secondary N) is 2. The van der Waals surface area contributed by atoms with Crippen molar-refractivity contribution in [1.29, 1.82) is 0 Å². The number of carbonyl (C=O) groups excluding carboxylic acids is 1. The molecule has 1 aliphatic rings. The van der Waals surface area contributed by atoms with Crippen LogP contribution in [0.4, 0.5) is 4.79 Å². The SMILES string of the molecule is CC(C)(C)Oc1ccc(CC(NC(=O)O)C(=O)N2Cc3ccccc3CC2c2ncc(-c3ccccc3)[nH]2)cc1. The van der Waals surface area contributed by atoms with Crippen molar-refractivity contribution < 1.29 is 19.4 Å². The van der Waals surface area contributed by atoms with Crippen molar-refractivity contribution in [3.63, 3.8) is 0 Å². The van der Waals surface area contributed by atoms with Crippen LogP contribution in [-0.4, -0.2) is 43.6 Å². The summed E-state index contributed by atoms with van der Waals surface area (Å²) in [5, 5.41) is 12.1. The molecule has 4 aromatic rings. The summed E-state index contributed by atoms with van der Waals surface area (Å²) >= 11 is 0. The molecule has 0 fully saturated rings. The van der Waals surface area contributed by atoms with E-state index in [1.807, 2.05) is 93.6 Å². The third-order valence-electron chi connectivity index (χ3n) is 6.91. The molecule has 1 aliphatic heterocycles. The molecular formula is C32H34N4O4. The maximum Gasteiger partial charge on any atom is 0.405 e. The van der Waals surface area contributed by atoms with Crippen molar-refractivity contribution in [2.45, 2.75) is 57.8 Å². The van der Waals surface area contributed by atoms with Crippen LogP contribution < -0.4 is 10.1 Å². The lowest BCUT2D eigenvalue weighted by Crippen LogP contribution is -2.51. The number of carbonyl (C=O) groups is 2. The molecule has 2 atom stereocenters. The quantitative estimate of drug-likeness (QED) is 0.277. The number of H-pyrrole nitrogens is 1. The first-order valence-electron chi connectivity index (χ1n) is 13.4. The molecule has 40 heavy (non-hydrogen) atoms. The number of imidazole rings is 1. The van der Waals surface area contributed by atoms with Crippen LogP contribution in [0, 0.1) is 0 Å². The highest BCUT2D eigenvalue weighted by Crippen LogP contribution is 2.34. The Balaban J connectivity index is 1.44. The summed E-state index contributed by atoms with van der Waals surface area (Å²) in [6, 6.07) is 24.0. The predicted octanol–water partition coefficient (Wildman–Crippen LogP) is 5.76. The second-order valence-electron chi connectivity index (χ2n) is 11.1. The van der Waals surface area contributed by atoms with E-state index in [4.69, 9.17) is 4.74 Å². The zero-order chi connectivity index (χ0) is 28.3. The van der Waals surface area contributed by atoms with Gasteiger partial charge >= 0.3 is 6.09 Å². The number of carboxylic acid groups (broad SMARTS) is 1. The van der Waals surface area contributed by atoms with Gasteiger partial charge in [-0.15, -0.1) is 0 Å². The molecule has 206 valence electrons. The van der Waals surface area contributed by atoms with Gasteiger partial charge in [0.05, 0.1) is 17.9 Å². The number of hydrogen-bond acceptors (Lipinski definition) is 4. The number of amides is 2. The zero-order valence-electron chi connectivity index (χ0n) is 22.9. The van der Waals surface area contributed by atoms with Crippen LogP contribution in [0.2, 0.25) is 0 Å². The summed E-state index contributed by atoms with van der Waals surface area (Å²) in [4.78, 5) is 35.7. The lowest BCUT2D eigenvalue weighted by atomic mass is 9.92. The number of rotatable bonds is 7. The Morgan fingerprint density at radius 2 is 1.70 bits per heavy atom. The first kappa shape index (κ1) is 27.0. The molecule has 2 heterocycles. The van der Waals surface area contributed by atoms with Crippen LogP contribution in [-0.2, 0) is 24.2 Å². The molecule has 8 nitrogen and oxygen atoms in total. The normalized spacial score (nSPS) is 15.7. The number of aromatic nitrogens is 2. The first-order valence-corrected chi connectivity index (χ1v) is 13.4. The number of hydrogen-bond donors (Lipinski definition) is 3. The van der Waals surface area contributed by atoms with E-state index in [-0.39, 0.29) is 24.0 Å². The second-order valence-corrected chi connectivity index (χ2v) is 11.1. The Bertz CT molecular complexity index is 1470. The number of nitrogens with zero attached hydrogens (tertiary/aromatic N) is 2. The van der Waals surface area contributed by atoms with Gasteiger partial charge in [-0.3, -0.25) is 4.79 Å². The van der Waals surface area contributed by atoms with Crippen LogP contribution in [0.1, 0.15) is 49.3 Å². The Morgan fingerprint density at radius 1 is 1.02 bits per heavy atom. The highest BCUT2D eigenvalue weighted by atomic mass is 16.5. The van der Waals surface area contributed by atoms with E-state index < -0.39 is 12.1 Å². The highest BCUT2D eigenvalue weighted by Gasteiger charge is 2.36. The molecule has 5 rings (SSSR count). The Hall–Kier alpha value is -4.59. The molecule has 2 amide bonds. The fourth-order valence-corrected chi connectivity index (χ4v) is 5.10. The average Bonchev–Trinajstić information content (AvgIpc) is 3.42. The molecule has 1 aromatic heterocycles. The molecule has 0 bridgehead atoms. The van der Waals surface area contributed by atoms with Gasteiger partial charge in [0.15, 0.2) is 0 Å². The summed E-state index contributed by atoms with van der Waals surface area (Å²) in [6.07, 6.45) is 1.31. The fourth-order valence-electron chi connectivity index (χ4n) is 5.10. The summed E-state index contributed by atoms with van der Waals surface area (Å²) in [7, 11) is 0. The third kappa shape index (κ3) is 6.34. The molecule has 3 aromatic carbocycles. The van der Waals surface area contributed by atoms with Crippen LogP contribution in [0.15, 0.2) is 85.1 Å². The summed E-state index contributed by atoms with van der Waals surface area (Å²) in [5.74, 6) is 1.08. The maximum atomic E-state index is 14.1. The van der Waals surface area contributed by atoms with Crippen molar-refractivity contribution in [3.8, 4) is 17.0 Å². The molecule has 2 unspecified atom stereocenters. The Kier molecular flexibility index (Phi) is 7.60. The minimum Gasteiger partial charge on any atom is -0.488 e. The number of ether oxygens (including phenoxy) is 1. The molecule has 0 saturated heterocycles. The smallest absolute Gasteiger partial charge is 0.405 e. The van der Waals surface area contributed by atoms with Gasteiger partial charge in [0.2, 0.25) is 5.91 Å². The van der Waals surface area contributed by atoms with Gasteiger partial charge in [0, 0.05) is 19.4 Å². The zero-order valence-corrected chi connectivity index (χ0v) is 22.9. The Labute approximate surface area is 234 Å². The molecule has 3 N–H and O–H groups in total. The highest BCUT2D eigenvalue weighted by molar-refractivity contribution is 5.86. The lowest BCUT2D eigenvalue weighted by Gasteiger charge is -2.38. The van der Waals surface area contributed by atoms with Gasteiger partial charge in [-0.2, -0.15) is 0 Å². The van der Waals surface area contributed by atoms with E-state index >= 15 is 0 Å². The minimum atomic E-state index is -1.25. The fraction of sp³-hybridized carbons (Fsp3) is 0.281. The van der Waals surface area contributed by atoms with Gasteiger partial charge in [-0.25, -0.2) is 9.78 Å². The van der Waals surface area contributed by atoms with E-state index in [1.165, 1.54) is 0 Å². The average molecular weight is 539 g/mol. The van der Waals surface area contributed by atoms with Crippen LogP contribution >= 0.6 is 0 Å². The van der Waals surface area contributed by atoms with E-state index in [1.54, 1.807) is 11.1 Å². The molecule has 0 saturated carbocycles. The van der Waals surface area contributed by atoms with Crippen molar-refractivity contribution in [3.05, 3.63) is 108 Å². The summed E-state index contributed by atoms with van der Waals surface area (Å²) < 4.78 is 5.90. The predicted molar refractivity (Wildman–Crippen MR) is 153 cm³/mol. The second kappa shape index (κ2) is 11.3. The van der Waals surface area contributed by atoms with Gasteiger partial charge in [0.1, 0.15) is 23.2 Å². The van der Waals surface area contributed by atoms with Gasteiger partial charge < -0.3 is 25.0 Å². The van der Waals surface area contributed by atoms with E-state index in [0.717, 1.165) is 27.9 Å². The largest absolute Gasteiger partial charge is 0.488 e. The van der Waals surface area contributed by atoms with Crippen LogP contribution in [0.25, 0.3) is 11.3 Å². The summed E-state index contributed by atoms with van der Waals surface area (Å²) in [5.41, 5.74) is 4.54. The van der Waals surface area contributed by atoms with Crippen molar-refractivity contribution >= 4 is 12.0 Å². The number of benzene rings is 3. The van der Waals surface area contributed by atoms with E-state index in [2.05, 4.69) is 21.4 Å². The van der Waals surface area contributed by atoms with E-state index in [0.29, 0.717) is 24.5 Å². The maximum absolute atomic E-state index is 14.1. The van der Waals surface area contributed by atoms with Crippen molar-refractivity contribution in [2.24, 2.45) is 0 Å². The number of aromatic amines is 1. The van der Waals surface area contributed by atoms with Crippen molar-refractivity contribution in [2.75, 3.05) is 0 Å². The van der Waals surface area contributed by atoms with Crippen LogP contribution in [0.3, 0.4) is 0 Å². The number of fused-ring (bicyclic) bond motifs is 1. The molecule has 0 spiro atoms. The monoisotopic (exact) mass is 538 g/mol. The molecule has 8 heteroatoms. The lowest BCUT2D eigenvalue weighted by molar-refractivity contribution is -0.137. The third-order valence-corrected chi connectivity index (χ3v) is 6.91. The van der Waals surface area contributed by atoms with Gasteiger partial charge in [0.25, 0.3) is 0 Å². The summed E-state index contributed by atoms with van der Waals surface area (Å²) in [6.45, 7) is 6.28. The first-order chi connectivity index (χ1) is 19.2. The van der Waals surface area contributed by atoms with E-state index in [9.17, 15) is 14.7 Å². The molecule has 0 aliphatic carbocycles. The Morgan fingerprint density at radius 3 is 2.38 bits per heavy atom. The topological polar surface area (TPSA) is 108 Å². The van der Waals surface area contributed by atoms with Gasteiger partial charge in [-0.05, 0) is 55.2 Å². The van der Waals surface area contributed by atoms with Crippen LogP contribution in [0.5, 0.6) is 5.75 Å². The van der Waals surface area contributed by atoms with Crippen molar-refractivity contribution in [1.82, 2.24) is 20.2 Å². The molecular weight excluding hydrogens is 504 g/mol.